The van der Waals surface area contributed by atoms with E-state index in [0.717, 1.165) is 0 Å². The van der Waals surface area contributed by atoms with Gasteiger partial charge in [0.2, 0.25) is 0 Å². The van der Waals surface area contributed by atoms with Crippen molar-refractivity contribution in [1.29, 1.82) is 0 Å². The van der Waals surface area contributed by atoms with Gasteiger partial charge in [-0.15, -0.1) is 0 Å². The fourth-order valence-corrected chi connectivity index (χ4v) is 1.62. The van der Waals surface area contributed by atoms with Crippen molar-refractivity contribution in [2.45, 2.75) is 66.7 Å². The van der Waals surface area contributed by atoms with Gasteiger partial charge in [0.05, 0.1) is 0 Å². The highest BCUT2D eigenvalue weighted by Crippen LogP contribution is 2.42. The van der Waals surface area contributed by atoms with Crippen LogP contribution in [-0.2, 0) is 0 Å². The first kappa shape index (κ1) is 14.4. The summed E-state index contributed by atoms with van der Waals surface area (Å²) in [6.45, 7) is 10.9. The van der Waals surface area contributed by atoms with Crippen molar-refractivity contribution in [3.8, 4) is 12.0 Å². The van der Waals surface area contributed by atoms with Crippen LogP contribution in [0.4, 0.5) is 0 Å². The maximum Gasteiger partial charge on any atom is 0.108 e. The van der Waals surface area contributed by atoms with E-state index >= 15 is 0 Å². The second-order valence-electron chi connectivity index (χ2n) is 5.56. The largest absolute Gasteiger partial charge is 0.462 e. The molecule has 88 valence electrons. The summed E-state index contributed by atoms with van der Waals surface area (Å²) in [6.07, 6.45) is 8.41. The number of rotatable bonds is 6. The number of aliphatic hydroxyl groups excluding tert-OH is 1. The summed E-state index contributed by atoms with van der Waals surface area (Å²) in [5, 5.41) is 8.71. The fraction of sp³-hybridized carbons (Fsp3) is 0.857. The van der Waals surface area contributed by atoms with Crippen LogP contribution in [0.2, 0.25) is 0 Å². The summed E-state index contributed by atoms with van der Waals surface area (Å²) >= 11 is 0. The summed E-state index contributed by atoms with van der Waals surface area (Å²) in [5.41, 5.74) is 0.0461. The van der Waals surface area contributed by atoms with E-state index in [4.69, 9.17) is 5.11 Å². The highest BCUT2D eigenvalue weighted by molar-refractivity contribution is 5.09. The second-order valence-corrected chi connectivity index (χ2v) is 5.56. The van der Waals surface area contributed by atoms with Gasteiger partial charge in [-0.25, -0.2) is 0 Å². The van der Waals surface area contributed by atoms with Crippen molar-refractivity contribution in [3.05, 3.63) is 0 Å². The van der Waals surface area contributed by atoms with Gasteiger partial charge in [0, 0.05) is 5.41 Å². The number of aliphatic hydroxyl groups is 1. The lowest BCUT2D eigenvalue weighted by Crippen LogP contribution is -2.31. The molecular weight excluding hydrogens is 184 g/mol. The first-order chi connectivity index (χ1) is 6.87. The molecule has 0 aliphatic heterocycles. The topological polar surface area (TPSA) is 20.2 Å². The first-order valence-corrected chi connectivity index (χ1v) is 6.03. The van der Waals surface area contributed by atoms with Crippen molar-refractivity contribution in [1.82, 2.24) is 0 Å². The van der Waals surface area contributed by atoms with Gasteiger partial charge >= 0.3 is 0 Å². The van der Waals surface area contributed by atoms with E-state index in [1.165, 1.54) is 32.1 Å². The van der Waals surface area contributed by atoms with Gasteiger partial charge < -0.3 is 5.11 Å². The van der Waals surface area contributed by atoms with Crippen LogP contribution in [0.25, 0.3) is 0 Å². The van der Waals surface area contributed by atoms with Crippen LogP contribution < -0.4 is 0 Å². The van der Waals surface area contributed by atoms with Crippen LogP contribution >= 0.6 is 0 Å². The van der Waals surface area contributed by atoms with E-state index < -0.39 is 0 Å². The Balaban J connectivity index is 4.20. The van der Waals surface area contributed by atoms with Gasteiger partial charge in [-0.1, -0.05) is 52.4 Å². The molecule has 1 N–H and O–H groups in total. The molecule has 0 bridgehead atoms. The Morgan fingerprint density at radius 3 is 2.07 bits per heavy atom. The van der Waals surface area contributed by atoms with Gasteiger partial charge in [0.25, 0.3) is 0 Å². The van der Waals surface area contributed by atoms with Crippen LogP contribution in [0, 0.1) is 22.9 Å². The Kier molecular flexibility index (Phi) is 5.80. The summed E-state index contributed by atoms with van der Waals surface area (Å²) < 4.78 is 0. The molecule has 1 nitrogen and oxygen atoms in total. The number of hydrogen-bond donors (Lipinski definition) is 1. The van der Waals surface area contributed by atoms with Crippen LogP contribution in [0.5, 0.6) is 0 Å². The quantitative estimate of drug-likeness (QED) is 0.510. The third-order valence-electron chi connectivity index (χ3n) is 3.72. The molecule has 0 saturated heterocycles. The molecule has 0 unspecified atom stereocenters. The zero-order chi connectivity index (χ0) is 11.9. The van der Waals surface area contributed by atoms with E-state index in [-0.39, 0.29) is 10.8 Å². The van der Waals surface area contributed by atoms with Gasteiger partial charge in [0.15, 0.2) is 0 Å². The number of unbranched alkanes of at least 4 members (excludes halogenated alkanes) is 3. The lowest BCUT2D eigenvalue weighted by atomic mass is 9.66. The Morgan fingerprint density at radius 1 is 1.00 bits per heavy atom. The molecule has 0 saturated carbocycles. The van der Waals surface area contributed by atoms with Crippen LogP contribution in [0.3, 0.4) is 0 Å². The molecule has 0 aliphatic carbocycles. The van der Waals surface area contributed by atoms with E-state index in [1.54, 1.807) is 0 Å². The lowest BCUT2D eigenvalue weighted by Gasteiger charge is -2.37. The van der Waals surface area contributed by atoms with Crippen molar-refractivity contribution < 1.29 is 5.11 Å². The standard InChI is InChI=1S/C14H26O/c1-6-7-8-9-10-13(2,3)14(4,5)11-12-15/h15H,6-10H2,1-5H3. The molecule has 0 radical (unpaired) electrons. The maximum absolute atomic E-state index is 8.71. The zero-order valence-corrected chi connectivity index (χ0v) is 11.0. The van der Waals surface area contributed by atoms with Crippen LogP contribution in [-0.4, -0.2) is 5.11 Å². The fourth-order valence-electron chi connectivity index (χ4n) is 1.62. The lowest BCUT2D eigenvalue weighted by molar-refractivity contribution is 0.155. The van der Waals surface area contributed by atoms with E-state index in [0.29, 0.717) is 0 Å². The normalized spacial score (nSPS) is 12.1. The van der Waals surface area contributed by atoms with Crippen molar-refractivity contribution in [3.63, 3.8) is 0 Å². The van der Waals surface area contributed by atoms with E-state index in [2.05, 4.69) is 46.6 Å². The molecule has 0 atom stereocenters. The maximum atomic E-state index is 8.71. The molecule has 0 fully saturated rings. The van der Waals surface area contributed by atoms with Crippen LogP contribution in [0.15, 0.2) is 0 Å². The molecule has 0 amide bonds. The summed E-state index contributed by atoms with van der Waals surface area (Å²) in [5.74, 6) is 2.91. The average molecular weight is 210 g/mol. The smallest absolute Gasteiger partial charge is 0.108 e. The molecule has 0 aromatic heterocycles. The Morgan fingerprint density at radius 2 is 1.60 bits per heavy atom. The third-order valence-corrected chi connectivity index (χ3v) is 3.72. The summed E-state index contributed by atoms with van der Waals surface area (Å²) in [4.78, 5) is 0. The Bertz CT molecular complexity index is 227. The van der Waals surface area contributed by atoms with Gasteiger partial charge in [-0.3, -0.25) is 0 Å². The third kappa shape index (κ3) is 4.60. The minimum absolute atomic E-state index is 0.117. The van der Waals surface area contributed by atoms with E-state index in [1.807, 2.05) is 0 Å². The van der Waals surface area contributed by atoms with Crippen molar-refractivity contribution in [2.24, 2.45) is 10.8 Å². The molecule has 1 heteroatoms. The van der Waals surface area contributed by atoms with Crippen LogP contribution in [0.1, 0.15) is 66.7 Å². The molecule has 0 rings (SSSR count). The molecule has 15 heavy (non-hydrogen) atoms. The molecule has 0 aromatic carbocycles. The Hall–Kier alpha value is -0.640. The SMILES string of the molecule is CCCCCCC(C)(C)C(C)(C)C#CO. The molecule has 0 aliphatic rings. The van der Waals surface area contributed by atoms with Gasteiger partial charge in [-0.2, -0.15) is 0 Å². The van der Waals surface area contributed by atoms with Gasteiger partial charge in [-0.05, 0) is 25.7 Å². The second kappa shape index (κ2) is 6.05. The van der Waals surface area contributed by atoms with Gasteiger partial charge in [0.1, 0.15) is 6.11 Å². The molecule has 0 heterocycles. The minimum atomic E-state index is -0.117. The Labute approximate surface area is 95.3 Å². The van der Waals surface area contributed by atoms with Crippen molar-refractivity contribution >= 4 is 0 Å². The highest BCUT2D eigenvalue weighted by Gasteiger charge is 2.35. The molecular formula is C14H26O. The zero-order valence-electron chi connectivity index (χ0n) is 11.0. The predicted molar refractivity (Wildman–Crippen MR) is 66.0 cm³/mol. The predicted octanol–water partition coefficient (Wildman–Crippen LogP) is 4.34. The summed E-state index contributed by atoms with van der Waals surface area (Å²) in [6, 6.07) is 0. The molecule has 0 aromatic rings. The van der Waals surface area contributed by atoms with E-state index in [9.17, 15) is 0 Å². The average Bonchev–Trinajstić information content (AvgIpc) is 2.12. The monoisotopic (exact) mass is 210 g/mol. The minimum Gasteiger partial charge on any atom is -0.462 e. The van der Waals surface area contributed by atoms with Crippen molar-refractivity contribution in [2.75, 3.05) is 0 Å². The number of hydrogen-bond acceptors (Lipinski definition) is 1. The summed E-state index contributed by atoms with van der Waals surface area (Å²) in [7, 11) is 0. The molecule has 0 spiro atoms. The first-order valence-electron chi connectivity index (χ1n) is 6.03. The highest BCUT2D eigenvalue weighted by atomic mass is 16.2.